The lowest BCUT2D eigenvalue weighted by Crippen LogP contribution is -2.52. The number of alkyl halides is 6. The van der Waals surface area contributed by atoms with Gasteiger partial charge in [-0.25, -0.2) is 0 Å². The summed E-state index contributed by atoms with van der Waals surface area (Å²) < 4.78 is 80.3. The van der Waals surface area contributed by atoms with Crippen molar-refractivity contribution in [1.82, 2.24) is 0 Å². The van der Waals surface area contributed by atoms with E-state index < -0.39 is 52.5 Å². The molecule has 4 unspecified atom stereocenters. The molecule has 5 rings (SSSR count). The highest BCUT2D eigenvalue weighted by molar-refractivity contribution is 5.79. The summed E-state index contributed by atoms with van der Waals surface area (Å²) in [4.78, 5) is 3.71. The molecule has 4 aliphatic rings. The molecule has 0 amide bonds. The number of rotatable bonds is 2. The Labute approximate surface area is 212 Å². The molecule has 0 heterocycles. The van der Waals surface area contributed by atoms with E-state index in [1.165, 1.54) is 5.57 Å². The van der Waals surface area contributed by atoms with Crippen LogP contribution in [0.15, 0.2) is 34.8 Å². The van der Waals surface area contributed by atoms with Gasteiger partial charge in [-0.2, -0.15) is 26.3 Å². The Bertz CT molecular complexity index is 1120. The smallest absolute Gasteiger partial charge is 0.418 e. The fourth-order valence-electron chi connectivity index (χ4n) is 8.35. The zero-order valence-corrected chi connectivity index (χ0v) is 20.9. The maximum absolute atomic E-state index is 13.6. The Hall–Kier alpha value is -2.03. The first kappa shape index (κ1) is 26.6. The number of hydrogen-bond donors (Lipinski definition) is 1. The van der Waals surface area contributed by atoms with Crippen LogP contribution in [0.3, 0.4) is 0 Å². The first-order valence-electron chi connectivity index (χ1n) is 13.1. The summed E-state index contributed by atoms with van der Waals surface area (Å²) >= 11 is 0. The monoisotopic (exact) mass is 528 g/mol. The number of hydrogen-bond acceptors (Lipinski definition) is 3. The third-order valence-corrected chi connectivity index (χ3v) is 10.2. The number of aliphatic hydroxyl groups excluding tert-OH is 1. The van der Waals surface area contributed by atoms with E-state index in [4.69, 9.17) is 0 Å². The summed E-state index contributed by atoms with van der Waals surface area (Å²) in [6.07, 6.45) is -1.84. The Morgan fingerprint density at radius 1 is 0.946 bits per heavy atom. The van der Waals surface area contributed by atoms with Crippen LogP contribution >= 0.6 is 0 Å². The van der Waals surface area contributed by atoms with Crippen LogP contribution in [0.5, 0.6) is 0 Å². The van der Waals surface area contributed by atoms with Crippen molar-refractivity contribution >= 4 is 11.6 Å². The zero-order chi connectivity index (χ0) is 27.0. The Morgan fingerprint density at radius 2 is 1.68 bits per heavy atom. The topological polar surface area (TPSA) is 55.6 Å². The Kier molecular flexibility index (Phi) is 6.28. The van der Waals surface area contributed by atoms with Crippen LogP contribution in [0.25, 0.3) is 0 Å². The highest BCUT2D eigenvalue weighted by Gasteiger charge is 2.59. The molecule has 3 nitrogen and oxygen atoms in total. The second kappa shape index (κ2) is 8.75. The summed E-state index contributed by atoms with van der Waals surface area (Å²) in [6, 6.07) is 1.06. The van der Waals surface area contributed by atoms with Gasteiger partial charge in [0.05, 0.1) is 22.9 Å². The fourth-order valence-corrected chi connectivity index (χ4v) is 8.35. The molecule has 37 heavy (non-hydrogen) atoms. The number of benzene rings is 1. The van der Waals surface area contributed by atoms with E-state index in [0.29, 0.717) is 36.5 Å². The largest absolute Gasteiger partial charge is 0.861 e. The lowest BCUT2D eigenvalue weighted by atomic mass is 9.47. The molecule has 9 heteroatoms. The van der Waals surface area contributed by atoms with E-state index in [2.05, 4.69) is 11.9 Å². The Balaban J connectivity index is 1.46. The van der Waals surface area contributed by atoms with Gasteiger partial charge in [-0.3, -0.25) is 4.99 Å². The molecule has 4 aliphatic carbocycles. The van der Waals surface area contributed by atoms with E-state index >= 15 is 0 Å². The highest BCUT2D eigenvalue weighted by atomic mass is 19.4. The maximum Gasteiger partial charge on any atom is 0.418 e. The minimum atomic E-state index is -4.93. The van der Waals surface area contributed by atoms with Crippen LogP contribution in [0.1, 0.15) is 76.3 Å². The van der Waals surface area contributed by atoms with Crippen LogP contribution in [0.4, 0.5) is 32.0 Å². The predicted octanol–water partition coefficient (Wildman–Crippen LogP) is 7.05. The first-order chi connectivity index (χ1) is 17.1. The van der Waals surface area contributed by atoms with Gasteiger partial charge in [0.1, 0.15) is 0 Å². The molecule has 3 fully saturated rings. The number of nitrogens with zero attached hydrogens (tertiary/aromatic N) is 1. The van der Waals surface area contributed by atoms with E-state index in [1.807, 2.05) is 13.0 Å². The molecule has 7 atom stereocenters. The van der Waals surface area contributed by atoms with Crippen molar-refractivity contribution in [3.05, 3.63) is 41.0 Å². The van der Waals surface area contributed by atoms with E-state index in [1.54, 1.807) is 0 Å². The molecule has 0 bridgehead atoms. The molecule has 1 aromatic rings. The Morgan fingerprint density at radius 3 is 2.35 bits per heavy atom. The predicted molar refractivity (Wildman–Crippen MR) is 125 cm³/mol. The van der Waals surface area contributed by atoms with Crippen molar-refractivity contribution in [3.63, 3.8) is 0 Å². The molecule has 204 valence electrons. The molecule has 1 N–H and O–H groups in total. The molecule has 3 saturated carbocycles. The first-order valence-corrected chi connectivity index (χ1v) is 13.1. The summed E-state index contributed by atoms with van der Waals surface area (Å²) in [7, 11) is 0. The number of fused-ring (bicyclic) bond motifs is 5. The van der Waals surface area contributed by atoms with Crippen molar-refractivity contribution in [1.29, 1.82) is 0 Å². The molecule has 0 aliphatic heterocycles. The van der Waals surface area contributed by atoms with Crippen molar-refractivity contribution in [2.45, 2.75) is 83.7 Å². The molecular weight excluding hydrogens is 496 g/mol. The zero-order valence-electron chi connectivity index (χ0n) is 20.9. The quantitative estimate of drug-likeness (QED) is 0.194. The van der Waals surface area contributed by atoms with Crippen LogP contribution in [-0.4, -0.2) is 17.1 Å². The van der Waals surface area contributed by atoms with Gasteiger partial charge in [-0.15, -0.1) is 0 Å². The van der Waals surface area contributed by atoms with Gasteiger partial charge in [-0.1, -0.05) is 25.5 Å². The average Bonchev–Trinajstić information content (AvgIpc) is 3.15. The van der Waals surface area contributed by atoms with Gasteiger partial charge in [0.2, 0.25) is 0 Å². The van der Waals surface area contributed by atoms with Gasteiger partial charge < -0.3 is 10.2 Å². The molecule has 0 spiro atoms. The maximum atomic E-state index is 13.6. The van der Waals surface area contributed by atoms with Crippen molar-refractivity contribution in [3.8, 4) is 0 Å². The van der Waals surface area contributed by atoms with Crippen LogP contribution < -0.4 is 5.11 Å². The average molecular weight is 529 g/mol. The van der Waals surface area contributed by atoms with E-state index in [0.717, 1.165) is 44.9 Å². The SMILES string of the molecule is C[C@]12CCC(O)C=C1CCC1C2CC[C@@]2(C)C1CC[C@@H]2C([O-])=Nc1cc(C(F)(F)F)ccc1C(F)(F)F. The molecular formula is C28H32F6NO2-. The lowest BCUT2D eigenvalue weighted by Gasteiger charge is -2.58. The van der Waals surface area contributed by atoms with Gasteiger partial charge >= 0.3 is 12.4 Å². The van der Waals surface area contributed by atoms with Crippen LogP contribution in [0, 0.1) is 34.5 Å². The fraction of sp³-hybridized carbons (Fsp3) is 0.679. The number of aliphatic hydroxyl groups is 1. The molecule has 0 radical (unpaired) electrons. The number of halogens is 6. The second-order valence-corrected chi connectivity index (χ2v) is 12.0. The third-order valence-electron chi connectivity index (χ3n) is 10.2. The minimum Gasteiger partial charge on any atom is -0.861 e. The van der Waals surface area contributed by atoms with Crippen LogP contribution in [0.2, 0.25) is 0 Å². The van der Waals surface area contributed by atoms with Gasteiger partial charge in [0.15, 0.2) is 0 Å². The number of allylic oxidation sites excluding steroid dienone is 1. The summed E-state index contributed by atoms with van der Waals surface area (Å²) in [5, 5.41) is 23.5. The second-order valence-electron chi connectivity index (χ2n) is 12.0. The normalized spacial score (nSPS) is 38.5. The summed E-state index contributed by atoms with van der Waals surface area (Å²) in [6.45, 7) is 4.30. The van der Waals surface area contributed by atoms with E-state index in [-0.39, 0.29) is 11.3 Å². The van der Waals surface area contributed by atoms with Crippen molar-refractivity contribution in [2.75, 3.05) is 0 Å². The molecule has 1 aromatic carbocycles. The van der Waals surface area contributed by atoms with Crippen molar-refractivity contribution < 1.29 is 36.6 Å². The van der Waals surface area contributed by atoms with E-state index in [9.17, 15) is 36.6 Å². The van der Waals surface area contributed by atoms with Gasteiger partial charge in [-0.05, 0) is 110 Å². The number of aliphatic imine (C=N–C) groups is 1. The molecule has 0 saturated heterocycles. The minimum absolute atomic E-state index is 0.00952. The highest BCUT2D eigenvalue weighted by Crippen LogP contribution is 2.66. The van der Waals surface area contributed by atoms with Gasteiger partial charge in [0.25, 0.3) is 0 Å². The van der Waals surface area contributed by atoms with Crippen LogP contribution in [-0.2, 0) is 12.4 Å². The molecule has 0 aromatic heterocycles. The van der Waals surface area contributed by atoms with Gasteiger partial charge in [0, 0.05) is 0 Å². The lowest BCUT2D eigenvalue weighted by molar-refractivity contribution is -0.229. The summed E-state index contributed by atoms with van der Waals surface area (Å²) in [5.41, 5.74) is -2.69. The third kappa shape index (κ3) is 4.39. The standard InChI is InChI=1S/C28H33F6NO2/c1-25-11-9-17(36)13-15(25)3-5-18-19-7-8-22(26(19,2)12-10-20(18)25)24(37)35-23-14-16(27(29,30)31)4-6-21(23)28(32,33)34/h4,6,13-14,17-20,22,36H,3,5,7-12H2,1-2H3,(H,35,37)/p-1/t17?,18?,19?,20?,22-,25+,26+/m1/s1. The van der Waals surface area contributed by atoms with Crippen molar-refractivity contribution in [2.24, 2.45) is 39.5 Å². The summed E-state index contributed by atoms with van der Waals surface area (Å²) in [5.74, 6) is -0.370.